The molecule has 0 bridgehead atoms. The van der Waals surface area contributed by atoms with Gasteiger partial charge in [-0.25, -0.2) is 4.39 Å². The summed E-state index contributed by atoms with van der Waals surface area (Å²) in [5.74, 6) is 0.161. The highest BCUT2D eigenvalue weighted by Crippen LogP contribution is 2.27. The van der Waals surface area contributed by atoms with Crippen LogP contribution in [0.1, 0.15) is 18.5 Å². The highest BCUT2D eigenvalue weighted by atomic mass is 35.5. The molecule has 5 nitrogen and oxygen atoms in total. The zero-order valence-electron chi connectivity index (χ0n) is 16.8. The van der Waals surface area contributed by atoms with Crippen LogP contribution < -0.4 is 0 Å². The summed E-state index contributed by atoms with van der Waals surface area (Å²) in [6.45, 7) is 6.12. The minimum Gasteiger partial charge on any atom is -0.338 e. The van der Waals surface area contributed by atoms with E-state index < -0.39 is 0 Å². The van der Waals surface area contributed by atoms with Crippen LogP contribution >= 0.6 is 23.4 Å². The van der Waals surface area contributed by atoms with E-state index in [-0.39, 0.29) is 23.5 Å². The molecule has 3 aromatic rings. The average Bonchev–Trinajstić information content (AvgIpc) is 3.14. The molecule has 0 aliphatic rings. The fourth-order valence-corrected chi connectivity index (χ4v) is 3.94. The Labute approximate surface area is 184 Å². The number of carbonyl (C=O) groups is 1. The van der Waals surface area contributed by atoms with E-state index in [2.05, 4.69) is 16.8 Å². The molecule has 0 saturated carbocycles. The van der Waals surface area contributed by atoms with Gasteiger partial charge in [-0.2, -0.15) is 0 Å². The lowest BCUT2D eigenvalue weighted by molar-refractivity contribution is -0.128. The van der Waals surface area contributed by atoms with Gasteiger partial charge in [-0.1, -0.05) is 53.7 Å². The van der Waals surface area contributed by atoms with Gasteiger partial charge < -0.3 is 4.90 Å². The van der Waals surface area contributed by atoms with Crippen LogP contribution in [0, 0.1) is 5.82 Å². The molecule has 1 unspecified atom stereocenters. The first kappa shape index (κ1) is 22.1. The summed E-state index contributed by atoms with van der Waals surface area (Å²) in [5, 5.41) is 9.51. The van der Waals surface area contributed by atoms with Gasteiger partial charge in [0.1, 0.15) is 5.82 Å². The van der Waals surface area contributed by atoms with Crippen LogP contribution in [0.4, 0.5) is 4.39 Å². The lowest BCUT2D eigenvalue weighted by Gasteiger charge is -2.25. The Morgan fingerprint density at radius 2 is 1.97 bits per heavy atom. The Hall–Kier alpha value is -2.64. The molecule has 0 radical (unpaired) electrons. The van der Waals surface area contributed by atoms with Crippen LogP contribution in [0.2, 0.25) is 5.02 Å². The SMILES string of the molecule is C=CCn1c(SCC(=O)N(C)C(C)c2ccc(Cl)cc2)nnc1-c1ccccc1F. The van der Waals surface area contributed by atoms with Crippen molar-refractivity contribution in [2.45, 2.75) is 24.7 Å². The van der Waals surface area contributed by atoms with Crippen molar-refractivity contribution in [3.63, 3.8) is 0 Å². The summed E-state index contributed by atoms with van der Waals surface area (Å²) in [6.07, 6.45) is 1.69. The molecular weight excluding hydrogens is 423 g/mol. The number of amides is 1. The molecule has 0 spiro atoms. The summed E-state index contributed by atoms with van der Waals surface area (Å²) in [7, 11) is 1.77. The van der Waals surface area contributed by atoms with E-state index >= 15 is 0 Å². The number of rotatable bonds is 8. The molecule has 1 heterocycles. The fourth-order valence-electron chi connectivity index (χ4n) is 2.94. The number of aromatic nitrogens is 3. The summed E-state index contributed by atoms with van der Waals surface area (Å²) >= 11 is 7.21. The lowest BCUT2D eigenvalue weighted by Crippen LogP contribution is -2.31. The van der Waals surface area contributed by atoms with Gasteiger partial charge in [-0.05, 0) is 36.8 Å². The second kappa shape index (κ2) is 9.91. The highest BCUT2D eigenvalue weighted by Gasteiger charge is 2.21. The van der Waals surface area contributed by atoms with Crippen LogP contribution in [-0.4, -0.2) is 38.4 Å². The number of hydrogen-bond donors (Lipinski definition) is 0. The van der Waals surface area contributed by atoms with E-state index in [0.717, 1.165) is 5.56 Å². The maximum absolute atomic E-state index is 14.2. The van der Waals surface area contributed by atoms with Crippen LogP contribution in [0.3, 0.4) is 0 Å². The number of nitrogens with zero attached hydrogens (tertiary/aromatic N) is 4. The van der Waals surface area contributed by atoms with Crippen LogP contribution in [0.15, 0.2) is 66.3 Å². The largest absolute Gasteiger partial charge is 0.338 e. The monoisotopic (exact) mass is 444 g/mol. The number of thioether (sulfide) groups is 1. The maximum atomic E-state index is 14.2. The molecule has 1 atom stereocenters. The van der Waals surface area contributed by atoms with Gasteiger partial charge in [0.15, 0.2) is 11.0 Å². The third kappa shape index (κ3) is 4.91. The van der Waals surface area contributed by atoms with Gasteiger partial charge in [0, 0.05) is 18.6 Å². The smallest absolute Gasteiger partial charge is 0.233 e. The standard InChI is InChI=1S/C22H22ClFN4OS/c1-4-13-28-21(18-7-5-6-8-19(18)24)25-26-22(28)30-14-20(29)27(3)15(2)16-9-11-17(23)12-10-16/h4-12,15H,1,13-14H2,2-3H3. The zero-order chi connectivity index (χ0) is 21.7. The molecule has 0 aliphatic heterocycles. The number of allylic oxidation sites excluding steroid dienone is 1. The molecule has 1 amide bonds. The van der Waals surface area contributed by atoms with E-state index in [1.807, 2.05) is 31.2 Å². The normalized spacial score (nSPS) is 11.9. The molecule has 30 heavy (non-hydrogen) atoms. The molecule has 1 aromatic heterocycles. The molecule has 156 valence electrons. The van der Waals surface area contributed by atoms with E-state index in [1.54, 1.807) is 40.8 Å². The topological polar surface area (TPSA) is 51.0 Å². The van der Waals surface area contributed by atoms with Crippen LogP contribution in [0.5, 0.6) is 0 Å². The second-order valence-electron chi connectivity index (χ2n) is 6.71. The minimum atomic E-state index is -0.376. The molecule has 0 N–H and O–H groups in total. The van der Waals surface area contributed by atoms with Gasteiger partial charge in [0.25, 0.3) is 0 Å². The van der Waals surface area contributed by atoms with E-state index in [4.69, 9.17) is 11.6 Å². The van der Waals surface area contributed by atoms with Crippen molar-refractivity contribution >= 4 is 29.3 Å². The van der Waals surface area contributed by atoms with Crippen molar-refractivity contribution in [1.82, 2.24) is 19.7 Å². The van der Waals surface area contributed by atoms with Gasteiger partial charge in [0.05, 0.1) is 17.4 Å². The van der Waals surface area contributed by atoms with Crippen LogP contribution in [-0.2, 0) is 11.3 Å². The van der Waals surface area contributed by atoms with Crippen molar-refractivity contribution in [1.29, 1.82) is 0 Å². The molecule has 0 saturated heterocycles. The summed E-state index contributed by atoms with van der Waals surface area (Å²) in [4.78, 5) is 14.4. The third-order valence-electron chi connectivity index (χ3n) is 4.79. The van der Waals surface area contributed by atoms with Crippen molar-refractivity contribution in [2.75, 3.05) is 12.8 Å². The second-order valence-corrected chi connectivity index (χ2v) is 8.09. The Morgan fingerprint density at radius 1 is 1.27 bits per heavy atom. The Kier molecular flexibility index (Phi) is 7.29. The fraction of sp³-hybridized carbons (Fsp3) is 0.227. The first-order valence-electron chi connectivity index (χ1n) is 9.35. The quantitative estimate of drug-likeness (QED) is 0.352. The van der Waals surface area contributed by atoms with Crippen molar-refractivity contribution in [2.24, 2.45) is 0 Å². The van der Waals surface area contributed by atoms with E-state index in [1.165, 1.54) is 17.8 Å². The van der Waals surface area contributed by atoms with E-state index in [0.29, 0.717) is 28.1 Å². The first-order chi connectivity index (χ1) is 14.4. The first-order valence-corrected chi connectivity index (χ1v) is 10.7. The maximum Gasteiger partial charge on any atom is 0.233 e. The number of halogens is 2. The Balaban J connectivity index is 1.73. The molecule has 8 heteroatoms. The average molecular weight is 445 g/mol. The van der Waals surface area contributed by atoms with E-state index in [9.17, 15) is 9.18 Å². The Bertz CT molecular complexity index is 1040. The molecule has 0 aliphatic carbocycles. The number of benzene rings is 2. The highest BCUT2D eigenvalue weighted by molar-refractivity contribution is 7.99. The third-order valence-corrected chi connectivity index (χ3v) is 6.00. The molecule has 0 fully saturated rings. The lowest BCUT2D eigenvalue weighted by atomic mass is 10.1. The predicted molar refractivity (Wildman–Crippen MR) is 119 cm³/mol. The van der Waals surface area contributed by atoms with Crippen molar-refractivity contribution < 1.29 is 9.18 Å². The van der Waals surface area contributed by atoms with Crippen LogP contribution in [0.25, 0.3) is 11.4 Å². The van der Waals surface area contributed by atoms with Gasteiger partial charge in [0.2, 0.25) is 5.91 Å². The van der Waals surface area contributed by atoms with Crippen molar-refractivity contribution in [3.05, 3.63) is 77.6 Å². The Morgan fingerprint density at radius 3 is 2.63 bits per heavy atom. The number of carbonyl (C=O) groups excluding carboxylic acids is 1. The molecule has 3 rings (SSSR count). The van der Waals surface area contributed by atoms with Gasteiger partial charge in [-0.15, -0.1) is 16.8 Å². The number of hydrogen-bond acceptors (Lipinski definition) is 4. The van der Waals surface area contributed by atoms with Gasteiger partial charge in [-0.3, -0.25) is 9.36 Å². The predicted octanol–water partition coefficient (Wildman–Crippen LogP) is 5.24. The molecule has 2 aromatic carbocycles. The zero-order valence-corrected chi connectivity index (χ0v) is 18.3. The minimum absolute atomic E-state index is 0.0527. The molecular formula is C22H22ClFN4OS. The van der Waals surface area contributed by atoms with Gasteiger partial charge >= 0.3 is 0 Å². The summed E-state index contributed by atoms with van der Waals surface area (Å²) < 4.78 is 16.0. The van der Waals surface area contributed by atoms with Crippen molar-refractivity contribution in [3.8, 4) is 11.4 Å². The summed E-state index contributed by atoms with van der Waals surface area (Å²) in [6, 6.07) is 13.7. The summed E-state index contributed by atoms with van der Waals surface area (Å²) in [5.41, 5.74) is 1.36.